The molecule has 0 spiro atoms. The molecule has 16 heavy (non-hydrogen) atoms. The van der Waals surface area contributed by atoms with Crippen molar-refractivity contribution in [3.8, 4) is 5.75 Å². The molecular weight excluding hydrogens is 226 g/mol. The summed E-state index contributed by atoms with van der Waals surface area (Å²) in [5, 5.41) is 12.6. The van der Waals surface area contributed by atoms with E-state index in [0.29, 0.717) is 5.02 Å². The number of halogens is 1. The summed E-state index contributed by atoms with van der Waals surface area (Å²) in [6.45, 7) is 1.12. The lowest BCUT2D eigenvalue weighted by molar-refractivity contribution is 0.283. The van der Waals surface area contributed by atoms with Crippen LogP contribution in [0.3, 0.4) is 0 Å². The molecule has 3 nitrogen and oxygen atoms in total. The normalized spacial score (nSPS) is 10.2. The minimum Gasteiger partial charge on any atom is -0.495 e. The lowest BCUT2D eigenvalue weighted by Gasteiger charge is -2.11. The predicted molar refractivity (Wildman–Crippen MR) is 67.4 cm³/mol. The molecule has 90 valence electrons. The number of hydrogen-bond donors (Lipinski definition) is 2. The number of aliphatic hydroxyl groups is 1. The van der Waals surface area contributed by atoms with Crippen LogP contribution in [0, 0.1) is 0 Å². The van der Waals surface area contributed by atoms with Gasteiger partial charge in [-0.2, -0.15) is 0 Å². The van der Waals surface area contributed by atoms with E-state index in [1.165, 1.54) is 0 Å². The quantitative estimate of drug-likeness (QED) is 0.724. The Morgan fingerprint density at radius 3 is 2.81 bits per heavy atom. The van der Waals surface area contributed by atoms with E-state index in [9.17, 15) is 0 Å². The maximum Gasteiger partial charge on any atom is 0.142 e. The van der Waals surface area contributed by atoms with Crippen molar-refractivity contribution < 1.29 is 9.84 Å². The zero-order chi connectivity index (χ0) is 11.8. The van der Waals surface area contributed by atoms with E-state index < -0.39 is 0 Å². The highest BCUT2D eigenvalue weighted by Gasteiger charge is 2.02. The van der Waals surface area contributed by atoms with Crippen LogP contribution in [-0.2, 0) is 0 Å². The summed E-state index contributed by atoms with van der Waals surface area (Å²) in [7, 11) is 1.64. The Bertz CT molecular complexity index is 318. The summed E-state index contributed by atoms with van der Waals surface area (Å²) in [5.41, 5.74) is 0.916. The summed E-state index contributed by atoms with van der Waals surface area (Å²) in [5.74, 6) is 0.798. The molecule has 2 N–H and O–H groups in total. The molecule has 4 heteroatoms. The highest BCUT2D eigenvalue weighted by Crippen LogP contribution is 2.27. The van der Waals surface area contributed by atoms with E-state index in [1.807, 2.05) is 12.1 Å². The van der Waals surface area contributed by atoms with Crippen LogP contribution < -0.4 is 10.1 Å². The van der Waals surface area contributed by atoms with Crippen molar-refractivity contribution in [1.29, 1.82) is 0 Å². The first-order valence-electron chi connectivity index (χ1n) is 5.46. The van der Waals surface area contributed by atoms with E-state index in [-0.39, 0.29) is 6.61 Å². The SMILES string of the molecule is COc1ccc(Cl)cc1NCCCCCO. The molecule has 0 fully saturated rings. The molecule has 0 bridgehead atoms. The summed E-state index contributed by atoms with van der Waals surface area (Å²) >= 11 is 5.91. The standard InChI is InChI=1S/C12H18ClNO2/c1-16-12-6-5-10(13)9-11(12)14-7-3-2-4-8-15/h5-6,9,14-15H,2-4,7-8H2,1H3. The first kappa shape index (κ1) is 13.1. The number of unbranched alkanes of at least 4 members (excludes halogenated alkanes) is 2. The van der Waals surface area contributed by atoms with E-state index in [0.717, 1.165) is 37.2 Å². The fourth-order valence-electron chi connectivity index (χ4n) is 1.45. The molecule has 0 aliphatic rings. The van der Waals surface area contributed by atoms with Gasteiger partial charge >= 0.3 is 0 Å². The second-order valence-electron chi connectivity index (χ2n) is 3.56. The third kappa shape index (κ3) is 4.29. The maximum absolute atomic E-state index is 8.64. The Morgan fingerprint density at radius 1 is 1.31 bits per heavy atom. The second kappa shape index (κ2) is 7.36. The van der Waals surface area contributed by atoms with Crippen molar-refractivity contribution in [2.24, 2.45) is 0 Å². The Kier molecular flexibility index (Phi) is 6.04. The molecule has 0 aliphatic heterocycles. The summed E-state index contributed by atoms with van der Waals surface area (Å²) < 4.78 is 5.22. The maximum atomic E-state index is 8.64. The Hall–Kier alpha value is -0.930. The number of ether oxygens (including phenoxy) is 1. The van der Waals surface area contributed by atoms with Gasteiger partial charge in [-0.3, -0.25) is 0 Å². The number of hydrogen-bond acceptors (Lipinski definition) is 3. The van der Waals surface area contributed by atoms with E-state index >= 15 is 0 Å². The zero-order valence-corrected chi connectivity index (χ0v) is 10.3. The predicted octanol–water partition coefficient (Wildman–Crippen LogP) is 2.92. The molecule has 0 amide bonds. The van der Waals surface area contributed by atoms with Crippen LogP contribution in [0.25, 0.3) is 0 Å². The van der Waals surface area contributed by atoms with Gasteiger partial charge in [-0.25, -0.2) is 0 Å². The van der Waals surface area contributed by atoms with Crippen LogP contribution in [0.15, 0.2) is 18.2 Å². The summed E-state index contributed by atoms with van der Waals surface area (Å²) in [6.07, 6.45) is 2.90. The van der Waals surface area contributed by atoms with Gasteiger partial charge in [-0.1, -0.05) is 11.6 Å². The minimum atomic E-state index is 0.264. The average molecular weight is 244 g/mol. The van der Waals surface area contributed by atoms with Crippen molar-refractivity contribution in [3.63, 3.8) is 0 Å². The molecule has 0 unspecified atom stereocenters. The fraction of sp³-hybridized carbons (Fsp3) is 0.500. The molecule has 0 radical (unpaired) electrons. The number of anilines is 1. The molecule has 1 aromatic rings. The van der Waals surface area contributed by atoms with Crippen LogP contribution in [-0.4, -0.2) is 25.4 Å². The molecule has 0 aliphatic carbocycles. The van der Waals surface area contributed by atoms with Crippen molar-refractivity contribution >= 4 is 17.3 Å². The van der Waals surface area contributed by atoms with Gasteiger partial charge in [-0.05, 0) is 37.5 Å². The largest absolute Gasteiger partial charge is 0.495 e. The van der Waals surface area contributed by atoms with Crippen LogP contribution in [0.1, 0.15) is 19.3 Å². The molecule has 0 saturated heterocycles. The first-order chi connectivity index (χ1) is 7.77. The van der Waals surface area contributed by atoms with Gasteiger partial charge in [0.15, 0.2) is 0 Å². The van der Waals surface area contributed by atoms with Crippen LogP contribution >= 0.6 is 11.6 Å². The highest BCUT2D eigenvalue weighted by atomic mass is 35.5. The zero-order valence-electron chi connectivity index (χ0n) is 9.50. The average Bonchev–Trinajstić information content (AvgIpc) is 2.29. The molecule has 0 saturated carbocycles. The fourth-order valence-corrected chi connectivity index (χ4v) is 1.63. The number of rotatable bonds is 7. The second-order valence-corrected chi connectivity index (χ2v) is 3.99. The van der Waals surface area contributed by atoms with Gasteiger partial charge in [0.25, 0.3) is 0 Å². The Labute approximate surface area is 101 Å². The van der Waals surface area contributed by atoms with E-state index in [1.54, 1.807) is 13.2 Å². The molecule has 1 aromatic carbocycles. The smallest absolute Gasteiger partial charge is 0.142 e. The lowest BCUT2D eigenvalue weighted by atomic mass is 10.2. The van der Waals surface area contributed by atoms with Crippen molar-refractivity contribution in [2.45, 2.75) is 19.3 Å². The lowest BCUT2D eigenvalue weighted by Crippen LogP contribution is -2.03. The number of aliphatic hydroxyl groups excluding tert-OH is 1. The summed E-state index contributed by atoms with van der Waals surface area (Å²) in [6, 6.07) is 5.50. The van der Waals surface area contributed by atoms with Gasteiger partial charge in [0.2, 0.25) is 0 Å². The molecule has 0 heterocycles. The van der Waals surface area contributed by atoms with Crippen molar-refractivity contribution in [1.82, 2.24) is 0 Å². The molecular formula is C12H18ClNO2. The van der Waals surface area contributed by atoms with Crippen LogP contribution in [0.4, 0.5) is 5.69 Å². The van der Waals surface area contributed by atoms with Gasteiger partial charge in [0.05, 0.1) is 12.8 Å². The van der Waals surface area contributed by atoms with Crippen molar-refractivity contribution in [2.75, 3.05) is 25.6 Å². The van der Waals surface area contributed by atoms with Crippen LogP contribution in [0.2, 0.25) is 5.02 Å². The van der Waals surface area contributed by atoms with Gasteiger partial charge in [0, 0.05) is 18.2 Å². The van der Waals surface area contributed by atoms with Gasteiger partial charge in [0.1, 0.15) is 5.75 Å². The summed E-state index contributed by atoms with van der Waals surface area (Å²) in [4.78, 5) is 0. The Morgan fingerprint density at radius 2 is 2.12 bits per heavy atom. The topological polar surface area (TPSA) is 41.5 Å². The van der Waals surface area contributed by atoms with Crippen LogP contribution in [0.5, 0.6) is 5.75 Å². The number of benzene rings is 1. The molecule has 1 rings (SSSR count). The van der Waals surface area contributed by atoms with E-state index in [4.69, 9.17) is 21.4 Å². The third-order valence-electron chi connectivity index (χ3n) is 2.31. The van der Waals surface area contributed by atoms with E-state index in [2.05, 4.69) is 5.32 Å². The first-order valence-corrected chi connectivity index (χ1v) is 5.84. The number of methoxy groups -OCH3 is 1. The monoisotopic (exact) mass is 243 g/mol. The molecule has 0 atom stereocenters. The highest BCUT2D eigenvalue weighted by molar-refractivity contribution is 6.30. The third-order valence-corrected chi connectivity index (χ3v) is 2.55. The van der Waals surface area contributed by atoms with Gasteiger partial charge < -0.3 is 15.2 Å². The number of nitrogens with one attached hydrogen (secondary N) is 1. The minimum absolute atomic E-state index is 0.264. The van der Waals surface area contributed by atoms with Gasteiger partial charge in [-0.15, -0.1) is 0 Å². The van der Waals surface area contributed by atoms with Crippen molar-refractivity contribution in [3.05, 3.63) is 23.2 Å². The molecule has 0 aromatic heterocycles. The Balaban J connectivity index is 2.42.